The molecule has 1 unspecified atom stereocenters. The highest BCUT2D eigenvalue weighted by Crippen LogP contribution is 2.33. The Hall–Kier alpha value is -2.86. The van der Waals surface area contributed by atoms with E-state index < -0.39 is 49.2 Å². The maximum absolute atomic E-state index is 12.4. The number of aromatic nitrogens is 2. The van der Waals surface area contributed by atoms with Crippen LogP contribution in [0.1, 0.15) is 31.9 Å². The lowest BCUT2D eigenvalue weighted by atomic mass is 10.1. The lowest BCUT2D eigenvalue weighted by Gasteiger charge is -2.24. The van der Waals surface area contributed by atoms with Gasteiger partial charge >= 0.3 is 11.7 Å². The number of halogens is 1. The van der Waals surface area contributed by atoms with Crippen molar-refractivity contribution in [1.82, 2.24) is 9.55 Å². The highest BCUT2D eigenvalue weighted by atomic mass is 35.5. The van der Waals surface area contributed by atoms with Crippen LogP contribution in [0.3, 0.4) is 0 Å². The van der Waals surface area contributed by atoms with E-state index in [1.54, 1.807) is 6.92 Å². The third-order valence-electron chi connectivity index (χ3n) is 4.63. The summed E-state index contributed by atoms with van der Waals surface area (Å²) in [6, 6.07) is 1.76. The van der Waals surface area contributed by atoms with Gasteiger partial charge < -0.3 is 34.3 Å². The molecule has 0 saturated heterocycles. The van der Waals surface area contributed by atoms with Gasteiger partial charge in [0.2, 0.25) is 5.89 Å². The monoisotopic (exact) mass is 455 g/mol. The van der Waals surface area contributed by atoms with Crippen LogP contribution in [0.15, 0.2) is 38.2 Å². The quantitative estimate of drug-likeness (QED) is 0.399. The first-order chi connectivity index (χ1) is 14.7. The summed E-state index contributed by atoms with van der Waals surface area (Å²) in [4.78, 5) is 28.8. The number of fused-ring (bicyclic) bond motifs is 1. The van der Waals surface area contributed by atoms with Crippen LogP contribution in [0.4, 0.5) is 0 Å². The smallest absolute Gasteiger partial charge is 0.420 e. The van der Waals surface area contributed by atoms with Gasteiger partial charge in [-0.1, -0.05) is 11.6 Å². The number of nitrogens with zero attached hydrogens (tertiary/aromatic N) is 2. The van der Waals surface area contributed by atoms with Gasteiger partial charge in [0.05, 0.1) is 35.5 Å². The van der Waals surface area contributed by atoms with E-state index in [1.165, 1.54) is 31.5 Å². The number of oxazole rings is 2. The van der Waals surface area contributed by atoms with E-state index in [-0.39, 0.29) is 21.9 Å². The number of esters is 1. The summed E-state index contributed by atoms with van der Waals surface area (Å²) < 4.78 is 22.3. The minimum atomic E-state index is -1.49. The Bertz CT molecular complexity index is 1100. The predicted molar refractivity (Wildman–Crippen MR) is 108 cm³/mol. The average Bonchev–Trinajstić information content (AvgIpc) is 3.39. The highest BCUT2D eigenvalue weighted by molar-refractivity contribution is 6.32. The molecule has 2 aromatic heterocycles. The Morgan fingerprint density at radius 1 is 1.35 bits per heavy atom. The zero-order chi connectivity index (χ0) is 22.8. The van der Waals surface area contributed by atoms with Crippen LogP contribution in [0.2, 0.25) is 5.02 Å². The van der Waals surface area contributed by atoms with E-state index in [4.69, 9.17) is 35.6 Å². The fourth-order valence-electron chi connectivity index (χ4n) is 2.75. The summed E-state index contributed by atoms with van der Waals surface area (Å²) in [5.41, 5.74) is 4.59. The standard InChI is InChI=1S/C19H22ClN3O8/c1-10(17(26)29-9-19(21,7-24)8-25)23-13-5-12(20)14(6-15(13)31-18(23)27)30-11(2)16-22-3-4-28-16/h3-6,10-11,24-25H,7-9,21H2,1-2H3/t10-,11?/m0/s1. The molecular formula is C19H22ClN3O8. The van der Waals surface area contributed by atoms with Crippen molar-refractivity contribution in [2.45, 2.75) is 31.5 Å². The number of hydrogen-bond donors (Lipinski definition) is 3. The number of aliphatic hydroxyl groups excluding tert-OH is 2. The van der Waals surface area contributed by atoms with Crippen LogP contribution in [-0.4, -0.2) is 51.1 Å². The molecule has 1 aromatic carbocycles. The van der Waals surface area contributed by atoms with Crippen molar-refractivity contribution in [3.05, 3.63) is 46.1 Å². The molecular weight excluding hydrogens is 434 g/mol. The Morgan fingerprint density at radius 2 is 2.06 bits per heavy atom. The van der Waals surface area contributed by atoms with E-state index in [2.05, 4.69) is 4.98 Å². The molecule has 12 heteroatoms. The SMILES string of the molecule is CC(Oc1cc2oc(=O)n([C@@H](C)C(=O)OCC(N)(CO)CO)c2cc1Cl)c1ncco1. The summed E-state index contributed by atoms with van der Waals surface area (Å²) in [6.45, 7) is 1.51. The van der Waals surface area contributed by atoms with Crippen LogP contribution in [0.5, 0.6) is 5.75 Å². The zero-order valence-electron chi connectivity index (χ0n) is 16.8. The van der Waals surface area contributed by atoms with Gasteiger partial charge in [0, 0.05) is 6.07 Å². The lowest BCUT2D eigenvalue weighted by molar-refractivity contribution is -0.150. The lowest BCUT2D eigenvalue weighted by Crippen LogP contribution is -2.52. The topological polar surface area (TPSA) is 163 Å². The molecule has 3 rings (SSSR count). The number of benzene rings is 1. The minimum Gasteiger partial charge on any atom is -0.479 e. The molecule has 0 bridgehead atoms. The van der Waals surface area contributed by atoms with Gasteiger partial charge in [-0.25, -0.2) is 14.6 Å². The second-order valence-corrected chi connectivity index (χ2v) is 7.49. The summed E-state index contributed by atoms with van der Waals surface area (Å²) in [5, 5.41) is 18.6. The summed E-state index contributed by atoms with van der Waals surface area (Å²) in [5.74, 6) is -1.05. The summed E-state index contributed by atoms with van der Waals surface area (Å²) in [6.07, 6.45) is 2.34. The first-order valence-electron chi connectivity index (χ1n) is 9.27. The molecule has 2 heterocycles. The fraction of sp³-hybridized carbons (Fsp3) is 0.421. The molecule has 2 atom stereocenters. The summed E-state index contributed by atoms with van der Waals surface area (Å²) >= 11 is 6.31. The molecule has 4 N–H and O–H groups in total. The average molecular weight is 456 g/mol. The molecule has 0 fully saturated rings. The van der Waals surface area contributed by atoms with Crippen molar-refractivity contribution in [1.29, 1.82) is 0 Å². The third-order valence-corrected chi connectivity index (χ3v) is 4.93. The number of rotatable bonds is 9. The molecule has 0 aliphatic heterocycles. The third kappa shape index (κ3) is 4.74. The predicted octanol–water partition coefficient (Wildman–Crippen LogP) is 1.16. The molecule has 3 aromatic rings. The van der Waals surface area contributed by atoms with E-state index in [1.807, 2.05) is 0 Å². The Kier molecular flexibility index (Phi) is 6.70. The van der Waals surface area contributed by atoms with Gasteiger partial charge in [-0.15, -0.1) is 0 Å². The number of hydrogen-bond acceptors (Lipinski definition) is 10. The van der Waals surface area contributed by atoms with Crippen LogP contribution in [0.25, 0.3) is 11.1 Å². The number of nitrogens with two attached hydrogens (primary N) is 1. The van der Waals surface area contributed by atoms with Crippen molar-refractivity contribution in [3.8, 4) is 5.75 Å². The fourth-order valence-corrected chi connectivity index (χ4v) is 2.95. The Labute approximate surface area is 180 Å². The Morgan fingerprint density at radius 3 is 2.68 bits per heavy atom. The number of carbonyl (C=O) groups is 1. The van der Waals surface area contributed by atoms with Gasteiger partial charge in [0.1, 0.15) is 24.7 Å². The minimum absolute atomic E-state index is 0.141. The Balaban J connectivity index is 1.85. The van der Waals surface area contributed by atoms with Gasteiger partial charge in [0.25, 0.3) is 0 Å². The zero-order valence-corrected chi connectivity index (χ0v) is 17.5. The number of carbonyl (C=O) groups excluding carboxylic acids is 1. The molecule has 0 radical (unpaired) electrons. The van der Waals surface area contributed by atoms with Crippen LogP contribution < -0.4 is 16.2 Å². The van der Waals surface area contributed by atoms with Crippen molar-refractivity contribution < 1.29 is 33.3 Å². The van der Waals surface area contributed by atoms with Gasteiger partial charge in [-0.3, -0.25) is 4.57 Å². The molecule has 31 heavy (non-hydrogen) atoms. The van der Waals surface area contributed by atoms with Gasteiger partial charge in [0.15, 0.2) is 11.7 Å². The maximum Gasteiger partial charge on any atom is 0.420 e. The van der Waals surface area contributed by atoms with E-state index in [0.29, 0.717) is 5.89 Å². The number of aliphatic hydroxyl groups is 2. The van der Waals surface area contributed by atoms with E-state index >= 15 is 0 Å². The van der Waals surface area contributed by atoms with Crippen LogP contribution in [0, 0.1) is 0 Å². The maximum atomic E-state index is 12.4. The van der Waals surface area contributed by atoms with Crippen molar-refractivity contribution in [3.63, 3.8) is 0 Å². The molecule has 11 nitrogen and oxygen atoms in total. The van der Waals surface area contributed by atoms with Crippen molar-refractivity contribution >= 4 is 28.7 Å². The summed E-state index contributed by atoms with van der Waals surface area (Å²) in [7, 11) is 0. The largest absolute Gasteiger partial charge is 0.479 e. The van der Waals surface area contributed by atoms with Crippen molar-refractivity contribution in [2.75, 3.05) is 19.8 Å². The van der Waals surface area contributed by atoms with Gasteiger partial charge in [-0.05, 0) is 19.9 Å². The second-order valence-electron chi connectivity index (χ2n) is 7.08. The van der Waals surface area contributed by atoms with Gasteiger partial charge in [-0.2, -0.15) is 0 Å². The van der Waals surface area contributed by atoms with Crippen molar-refractivity contribution in [2.24, 2.45) is 5.73 Å². The second kappa shape index (κ2) is 9.10. The highest BCUT2D eigenvalue weighted by Gasteiger charge is 2.29. The van der Waals surface area contributed by atoms with E-state index in [0.717, 1.165) is 4.57 Å². The molecule has 0 aliphatic rings. The van der Waals surface area contributed by atoms with E-state index in [9.17, 15) is 19.8 Å². The molecule has 0 saturated carbocycles. The molecule has 0 amide bonds. The molecule has 0 spiro atoms. The number of ether oxygens (including phenoxy) is 2. The first kappa shape index (κ1) is 22.8. The first-order valence-corrected chi connectivity index (χ1v) is 9.64. The van der Waals surface area contributed by atoms with Crippen LogP contribution in [-0.2, 0) is 9.53 Å². The molecule has 0 aliphatic carbocycles. The molecule has 168 valence electrons. The van der Waals surface area contributed by atoms with Crippen LogP contribution >= 0.6 is 11.6 Å². The normalized spacial score (nSPS) is 13.9.